The van der Waals surface area contributed by atoms with Gasteiger partial charge >= 0.3 is 0 Å². The van der Waals surface area contributed by atoms with Crippen molar-refractivity contribution in [2.24, 2.45) is 0 Å². The minimum atomic E-state index is -0.488. The number of amides is 1. The number of benzene rings is 1. The summed E-state index contributed by atoms with van der Waals surface area (Å²) >= 11 is 7.08. The molecule has 2 aromatic rings. The van der Waals surface area contributed by atoms with Crippen LogP contribution in [0.25, 0.3) is 0 Å². The van der Waals surface area contributed by atoms with E-state index in [1.54, 1.807) is 0 Å². The number of nitrogens with one attached hydrogen (secondary N) is 1. The Morgan fingerprint density at radius 3 is 2.95 bits per heavy atom. The summed E-state index contributed by atoms with van der Waals surface area (Å²) in [6.45, 7) is 2.70. The molecule has 0 fully saturated rings. The van der Waals surface area contributed by atoms with Gasteiger partial charge in [-0.1, -0.05) is 22.9 Å². The fraction of sp³-hybridized carbons (Fsp3) is 0.231. The van der Waals surface area contributed by atoms with Gasteiger partial charge in [-0.05, 0) is 25.1 Å². The molecule has 2 rings (SSSR count). The summed E-state index contributed by atoms with van der Waals surface area (Å²) in [6, 6.07) is 3.74. The molecule has 0 aliphatic heterocycles. The zero-order valence-electron chi connectivity index (χ0n) is 11.5. The van der Waals surface area contributed by atoms with Crippen molar-refractivity contribution in [1.29, 1.82) is 0 Å². The monoisotopic (exact) mass is 328 g/mol. The van der Waals surface area contributed by atoms with Crippen LogP contribution in [-0.4, -0.2) is 24.5 Å². The molecular weight excluding hydrogens is 315 g/mol. The van der Waals surface area contributed by atoms with Crippen LogP contribution in [0.5, 0.6) is 0 Å². The highest BCUT2D eigenvalue weighted by molar-refractivity contribution is 7.18. The van der Waals surface area contributed by atoms with E-state index in [0.717, 1.165) is 12.6 Å². The molecule has 1 aromatic heterocycles. The summed E-state index contributed by atoms with van der Waals surface area (Å²) < 4.78 is 13.2. The van der Waals surface area contributed by atoms with Gasteiger partial charge in [-0.3, -0.25) is 4.79 Å². The lowest BCUT2D eigenvalue weighted by molar-refractivity contribution is 0.103. The van der Waals surface area contributed by atoms with Gasteiger partial charge in [0.2, 0.25) is 0 Å². The lowest BCUT2D eigenvalue weighted by Gasteiger charge is -2.11. The second-order valence-corrected chi connectivity index (χ2v) is 5.69. The number of nitrogens with zero attached hydrogens (tertiary/aromatic N) is 2. The molecule has 0 saturated heterocycles. The summed E-state index contributed by atoms with van der Waals surface area (Å²) in [5.74, 6) is -0.813. The number of hydrogen-bond donors (Lipinski definition) is 2. The van der Waals surface area contributed by atoms with Crippen molar-refractivity contribution in [3.05, 3.63) is 33.9 Å². The van der Waals surface area contributed by atoms with Crippen molar-refractivity contribution in [3.8, 4) is 0 Å². The number of nitrogen functional groups attached to an aromatic ring is 1. The van der Waals surface area contributed by atoms with Crippen LogP contribution in [0.3, 0.4) is 0 Å². The fourth-order valence-electron chi connectivity index (χ4n) is 1.55. The zero-order chi connectivity index (χ0) is 15.6. The fourth-order valence-corrected chi connectivity index (χ4v) is 2.62. The van der Waals surface area contributed by atoms with E-state index in [9.17, 15) is 9.18 Å². The third kappa shape index (κ3) is 3.43. The normalized spacial score (nSPS) is 10.5. The second kappa shape index (κ2) is 6.28. The smallest absolute Gasteiger partial charge is 0.269 e. The summed E-state index contributed by atoms with van der Waals surface area (Å²) in [7, 11) is 1.85. The molecular formula is C13H14ClFN4OS. The Balaban J connectivity index is 2.24. The Kier molecular flexibility index (Phi) is 4.64. The van der Waals surface area contributed by atoms with Crippen LogP contribution in [0, 0.1) is 5.82 Å². The van der Waals surface area contributed by atoms with E-state index >= 15 is 0 Å². The van der Waals surface area contributed by atoms with Crippen LogP contribution in [0.4, 0.5) is 21.0 Å². The highest BCUT2D eigenvalue weighted by atomic mass is 35.5. The molecule has 5 nitrogen and oxygen atoms in total. The van der Waals surface area contributed by atoms with Crippen LogP contribution >= 0.6 is 22.9 Å². The van der Waals surface area contributed by atoms with Crippen molar-refractivity contribution in [1.82, 2.24) is 4.98 Å². The average Bonchev–Trinajstić information content (AvgIpc) is 2.84. The predicted molar refractivity (Wildman–Crippen MR) is 84.8 cm³/mol. The largest absolute Gasteiger partial charge is 0.382 e. The van der Waals surface area contributed by atoms with E-state index in [4.69, 9.17) is 17.3 Å². The molecule has 1 heterocycles. The van der Waals surface area contributed by atoms with Crippen LogP contribution in [0.1, 0.15) is 16.6 Å². The van der Waals surface area contributed by atoms with Gasteiger partial charge in [-0.25, -0.2) is 9.37 Å². The first-order valence-electron chi connectivity index (χ1n) is 6.16. The number of nitrogens with two attached hydrogens (primary N) is 1. The van der Waals surface area contributed by atoms with Gasteiger partial charge in [0, 0.05) is 13.6 Å². The Bertz CT molecular complexity index is 676. The van der Waals surface area contributed by atoms with E-state index in [-0.39, 0.29) is 21.4 Å². The summed E-state index contributed by atoms with van der Waals surface area (Å²) in [5.41, 5.74) is 5.96. The van der Waals surface area contributed by atoms with Crippen molar-refractivity contribution in [3.63, 3.8) is 0 Å². The lowest BCUT2D eigenvalue weighted by Crippen LogP contribution is -2.15. The summed E-state index contributed by atoms with van der Waals surface area (Å²) in [6.07, 6.45) is 0. The van der Waals surface area contributed by atoms with Gasteiger partial charge in [0.05, 0.1) is 10.7 Å². The highest BCUT2D eigenvalue weighted by Gasteiger charge is 2.18. The first-order chi connectivity index (χ1) is 9.92. The van der Waals surface area contributed by atoms with Crippen molar-refractivity contribution in [2.45, 2.75) is 6.92 Å². The van der Waals surface area contributed by atoms with E-state index in [1.165, 1.54) is 23.5 Å². The number of carbonyl (C=O) groups is 1. The molecule has 1 aromatic carbocycles. The molecule has 3 N–H and O–H groups in total. The van der Waals surface area contributed by atoms with Gasteiger partial charge in [0.15, 0.2) is 5.13 Å². The maximum Gasteiger partial charge on any atom is 0.269 e. The molecule has 0 atom stereocenters. The molecule has 0 spiro atoms. The number of hydrogen-bond acceptors (Lipinski definition) is 5. The van der Waals surface area contributed by atoms with E-state index in [0.29, 0.717) is 5.13 Å². The average molecular weight is 329 g/mol. The Labute approximate surface area is 130 Å². The molecule has 21 heavy (non-hydrogen) atoms. The van der Waals surface area contributed by atoms with Gasteiger partial charge in [-0.2, -0.15) is 0 Å². The standard InChI is InChI=1S/C13H14ClFN4OS/c1-3-19(2)13-18-11(16)10(21-13)12(20)17-9-6-7(15)4-5-8(9)14/h4-6H,3,16H2,1-2H3,(H,17,20). The van der Waals surface area contributed by atoms with Crippen LogP contribution in [0.2, 0.25) is 5.02 Å². The minimum absolute atomic E-state index is 0.139. The second-order valence-electron chi connectivity index (χ2n) is 4.30. The third-order valence-corrected chi connectivity index (χ3v) is 4.34. The minimum Gasteiger partial charge on any atom is -0.382 e. The predicted octanol–water partition coefficient (Wildman–Crippen LogP) is 3.23. The van der Waals surface area contributed by atoms with Crippen LogP contribution < -0.4 is 16.0 Å². The molecule has 8 heteroatoms. The molecule has 0 aliphatic rings. The summed E-state index contributed by atoms with van der Waals surface area (Å²) in [4.78, 5) is 18.5. The van der Waals surface area contributed by atoms with Crippen molar-refractivity contribution < 1.29 is 9.18 Å². The molecule has 0 aliphatic carbocycles. The van der Waals surface area contributed by atoms with E-state index in [1.807, 2.05) is 18.9 Å². The SMILES string of the molecule is CCN(C)c1nc(N)c(C(=O)Nc2cc(F)ccc2Cl)s1. The molecule has 112 valence electrons. The molecule has 1 amide bonds. The van der Waals surface area contributed by atoms with E-state index < -0.39 is 11.7 Å². The van der Waals surface area contributed by atoms with Gasteiger partial charge < -0.3 is 16.0 Å². The van der Waals surface area contributed by atoms with Crippen molar-refractivity contribution >= 4 is 45.5 Å². The first kappa shape index (κ1) is 15.5. The van der Waals surface area contributed by atoms with Gasteiger partial charge in [0.25, 0.3) is 5.91 Å². The maximum atomic E-state index is 13.2. The van der Waals surface area contributed by atoms with Crippen LogP contribution in [0.15, 0.2) is 18.2 Å². The van der Waals surface area contributed by atoms with Crippen LogP contribution in [-0.2, 0) is 0 Å². The van der Waals surface area contributed by atoms with Crippen molar-refractivity contribution in [2.75, 3.05) is 29.5 Å². The number of halogens is 2. The number of thiazole rings is 1. The number of anilines is 3. The summed E-state index contributed by atoms with van der Waals surface area (Å²) in [5, 5.41) is 3.43. The number of carbonyl (C=O) groups excluding carboxylic acids is 1. The number of aromatic nitrogens is 1. The third-order valence-electron chi connectivity index (χ3n) is 2.83. The molecule has 0 saturated carbocycles. The Hall–Kier alpha value is -1.86. The maximum absolute atomic E-state index is 13.2. The van der Waals surface area contributed by atoms with Gasteiger partial charge in [-0.15, -0.1) is 0 Å². The first-order valence-corrected chi connectivity index (χ1v) is 7.35. The molecule has 0 radical (unpaired) electrons. The molecule has 0 bridgehead atoms. The van der Waals surface area contributed by atoms with E-state index in [2.05, 4.69) is 10.3 Å². The number of rotatable bonds is 4. The quantitative estimate of drug-likeness (QED) is 0.904. The van der Waals surface area contributed by atoms with Gasteiger partial charge in [0.1, 0.15) is 16.5 Å². The zero-order valence-corrected chi connectivity index (χ0v) is 13.1. The Morgan fingerprint density at radius 1 is 1.57 bits per heavy atom. The molecule has 0 unspecified atom stereocenters. The topological polar surface area (TPSA) is 71.2 Å². The highest BCUT2D eigenvalue weighted by Crippen LogP contribution is 2.29. The Morgan fingerprint density at radius 2 is 2.29 bits per heavy atom. The lowest BCUT2D eigenvalue weighted by atomic mass is 10.3.